The number of benzene rings is 8. The van der Waals surface area contributed by atoms with Crippen LogP contribution in [0.4, 0.5) is 0 Å². The zero-order valence-electron chi connectivity index (χ0n) is 34.3. The molecule has 0 aliphatic carbocycles. The number of phenols is 1. The van der Waals surface area contributed by atoms with Crippen molar-refractivity contribution in [3.05, 3.63) is 237 Å². The normalized spacial score (nSPS) is 16.7. The maximum absolute atomic E-state index is 11.4. The summed E-state index contributed by atoms with van der Waals surface area (Å²) in [4.78, 5) is 0. The highest BCUT2D eigenvalue weighted by Crippen LogP contribution is 2.79. The van der Waals surface area contributed by atoms with Crippen LogP contribution in [0.3, 0.4) is 0 Å². The van der Waals surface area contributed by atoms with Gasteiger partial charge in [0.15, 0.2) is 11.5 Å². The Hall–Kier alpha value is -7.12. The van der Waals surface area contributed by atoms with Crippen molar-refractivity contribution in [2.45, 2.75) is 0 Å². The van der Waals surface area contributed by atoms with Crippen LogP contribution in [0, 0.1) is 0 Å². The number of aromatic hydroxyl groups is 1. The lowest BCUT2D eigenvalue weighted by atomic mass is 10.3. The number of hydrogen-bond donors (Lipinski definition) is 1. The van der Waals surface area contributed by atoms with Crippen LogP contribution in [0.2, 0.25) is 0 Å². The Kier molecular flexibility index (Phi) is 13.1. The lowest BCUT2D eigenvalue weighted by Crippen LogP contribution is -2.11. The van der Waals surface area contributed by atoms with Gasteiger partial charge in [0.1, 0.15) is 40.2 Å². The third kappa shape index (κ3) is 11.2. The summed E-state index contributed by atoms with van der Waals surface area (Å²) in [5.41, 5.74) is 0. The van der Waals surface area contributed by atoms with Crippen molar-refractivity contribution in [1.29, 1.82) is 0 Å². The molecule has 0 spiro atoms. The largest absolute Gasteiger partial charge is 0.504 e. The Balaban J connectivity index is 1.49. The van der Waals surface area contributed by atoms with Crippen molar-refractivity contribution in [2.75, 3.05) is 0 Å². The van der Waals surface area contributed by atoms with E-state index in [1.165, 1.54) is 6.07 Å². The van der Waals surface area contributed by atoms with Crippen molar-refractivity contribution < 1.29 is 41.3 Å². The molecule has 1 N–H and O–H groups in total. The molecule has 0 radical (unpaired) electrons. The number of phenolic OH excluding ortho intramolecular Hbond substituents is 1. The summed E-state index contributed by atoms with van der Waals surface area (Å²) in [5.74, 6) is 1.90. The van der Waals surface area contributed by atoms with Crippen LogP contribution in [-0.2, 0) is 0 Å². The molecule has 1 atom stereocenters. The van der Waals surface area contributed by atoms with Gasteiger partial charge in [-0.15, -0.1) is 0 Å². The van der Waals surface area contributed by atoms with Crippen LogP contribution < -0.4 is 36.2 Å². The molecule has 9 rings (SSSR count). The summed E-state index contributed by atoms with van der Waals surface area (Å²) in [6.07, 6.45) is 0. The number of hydrogen-bond acceptors (Lipinski definition) is 13. The highest BCUT2D eigenvalue weighted by atomic mass is 31.3. The molecule has 17 heteroatoms. The number of para-hydroxylation sites is 9. The Morgan fingerprint density at radius 3 is 0.631 bits per heavy atom. The minimum absolute atomic E-state index is 0.0398. The summed E-state index contributed by atoms with van der Waals surface area (Å²) in [6, 6.07) is 68.9. The molecule has 1 aliphatic heterocycles. The average molecular weight is 941 g/mol. The maximum atomic E-state index is 11.4. The molecule has 0 saturated heterocycles. The fourth-order valence-corrected chi connectivity index (χ4v) is 18.1. The lowest BCUT2D eigenvalue weighted by molar-refractivity contribution is 0.418. The van der Waals surface area contributed by atoms with Crippen molar-refractivity contribution in [2.24, 2.45) is 18.1 Å². The lowest BCUT2D eigenvalue weighted by Gasteiger charge is -2.33. The van der Waals surface area contributed by atoms with Crippen LogP contribution in [0.1, 0.15) is 0 Å². The van der Waals surface area contributed by atoms with Gasteiger partial charge < -0.3 is 41.3 Å². The van der Waals surface area contributed by atoms with Crippen molar-refractivity contribution in [3.8, 4) is 51.7 Å². The van der Waals surface area contributed by atoms with E-state index in [4.69, 9.17) is 54.3 Å². The molecular formula is C48H40N4O9P4. The molecule has 1 heterocycles. The standard InChI is InChI=1S/C48H40N4O9P4/c53-47-38-22-23-39-48(47)61-65(60-46-36-20-7-21-37-46)51-63(56-42-28-12-3-13-29-42,57-43-30-14-4-15-31-43)49-62(54-40-24-8-1-9-25-40,55-41-26-10-2-11-27-41)50-64(52-65,58-44-32-16-5-17-33-44)59-45-34-18-6-19-35-45/h1-39,53H. The van der Waals surface area contributed by atoms with E-state index in [2.05, 4.69) is 0 Å². The van der Waals surface area contributed by atoms with Gasteiger partial charge in [0.05, 0.1) is 0 Å². The molecule has 8 aromatic rings. The summed E-state index contributed by atoms with van der Waals surface area (Å²) in [6.45, 7) is 0. The van der Waals surface area contributed by atoms with Crippen molar-refractivity contribution >= 4 is 30.6 Å². The van der Waals surface area contributed by atoms with Gasteiger partial charge in [0.2, 0.25) is 0 Å². The van der Waals surface area contributed by atoms with Crippen LogP contribution in [-0.4, -0.2) is 5.11 Å². The SMILES string of the molecule is Oc1ccccc1OP1(Oc2ccccc2)=NP(Oc2ccccc2)(Oc2ccccc2)=NP(Oc2ccccc2)(Oc2ccccc2)=NP(Oc2ccccc2)(Oc2ccccc2)=N1. The Labute approximate surface area is 376 Å². The first-order valence-electron chi connectivity index (χ1n) is 20.1. The van der Waals surface area contributed by atoms with Gasteiger partial charge in [-0.3, -0.25) is 0 Å². The van der Waals surface area contributed by atoms with Crippen LogP contribution in [0.15, 0.2) is 255 Å². The predicted molar refractivity (Wildman–Crippen MR) is 256 cm³/mol. The fourth-order valence-electron chi connectivity index (χ4n) is 6.00. The van der Waals surface area contributed by atoms with Crippen LogP contribution in [0.5, 0.6) is 51.7 Å². The fraction of sp³-hybridized carbons (Fsp3) is 0. The second-order valence-electron chi connectivity index (χ2n) is 13.7. The Morgan fingerprint density at radius 2 is 0.415 bits per heavy atom. The molecule has 0 aromatic heterocycles. The molecule has 0 fully saturated rings. The summed E-state index contributed by atoms with van der Waals surface area (Å²) in [7, 11) is -17.8. The molecule has 0 amide bonds. The second-order valence-corrected chi connectivity index (χ2v) is 22.0. The summed E-state index contributed by atoms with van der Waals surface area (Å²) < 4.78 is 77.9. The van der Waals surface area contributed by atoms with E-state index in [0.29, 0.717) is 34.5 Å². The van der Waals surface area contributed by atoms with Gasteiger partial charge in [-0.25, -0.2) is 0 Å². The summed E-state index contributed by atoms with van der Waals surface area (Å²) in [5, 5.41) is 11.4. The Morgan fingerprint density at radius 1 is 0.231 bits per heavy atom. The first-order chi connectivity index (χ1) is 31.9. The second kappa shape index (κ2) is 19.7. The maximum Gasteiger partial charge on any atom is 0.461 e. The minimum atomic E-state index is -4.54. The average Bonchev–Trinajstić information content (AvgIpc) is 3.31. The van der Waals surface area contributed by atoms with E-state index in [0.717, 1.165) is 0 Å². The van der Waals surface area contributed by atoms with Gasteiger partial charge in [-0.2, -0.15) is 0 Å². The highest BCUT2D eigenvalue weighted by molar-refractivity contribution is 7.79. The van der Waals surface area contributed by atoms with Gasteiger partial charge in [-0.05, 0) is 97.1 Å². The molecular weight excluding hydrogens is 900 g/mol. The van der Waals surface area contributed by atoms with Gasteiger partial charge in [-0.1, -0.05) is 158 Å². The van der Waals surface area contributed by atoms with Gasteiger partial charge in [0.25, 0.3) is 0 Å². The monoisotopic (exact) mass is 940 g/mol. The van der Waals surface area contributed by atoms with Crippen LogP contribution >= 0.6 is 30.6 Å². The van der Waals surface area contributed by atoms with E-state index in [9.17, 15) is 5.11 Å². The van der Waals surface area contributed by atoms with Crippen molar-refractivity contribution in [1.82, 2.24) is 0 Å². The zero-order chi connectivity index (χ0) is 44.3. The number of nitrogens with zero attached hydrogens (tertiary/aromatic N) is 4. The third-order valence-electron chi connectivity index (χ3n) is 8.76. The predicted octanol–water partition coefficient (Wildman–Crippen LogP) is 16.1. The first kappa shape index (κ1) is 43.1. The molecule has 0 bridgehead atoms. The molecule has 326 valence electrons. The quantitative estimate of drug-likeness (QED) is 0.0936. The van der Waals surface area contributed by atoms with E-state index >= 15 is 0 Å². The van der Waals surface area contributed by atoms with E-state index in [-0.39, 0.29) is 17.2 Å². The van der Waals surface area contributed by atoms with Gasteiger partial charge in [0, 0.05) is 0 Å². The molecule has 13 nitrogen and oxygen atoms in total. The molecule has 8 aromatic carbocycles. The third-order valence-corrected chi connectivity index (χ3v) is 19.6. The Bertz CT molecular complexity index is 2830. The van der Waals surface area contributed by atoms with E-state index in [1.807, 2.05) is 66.7 Å². The molecule has 0 saturated carbocycles. The molecule has 65 heavy (non-hydrogen) atoms. The highest BCUT2D eigenvalue weighted by Gasteiger charge is 2.49. The topological polar surface area (TPSA) is 144 Å². The van der Waals surface area contributed by atoms with Crippen LogP contribution in [0.25, 0.3) is 0 Å². The van der Waals surface area contributed by atoms with E-state index in [1.54, 1.807) is 164 Å². The number of rotatable bonds is 16. The molecule has 1 aliphatic rings. The van der Waals surface area contributed by atoms with Gasteiger partial charge >= 0.3 is 30.6 Å². The van der Waals surface area contributed by atoms with E-state index < -0.39 is 30.6 Å². The zero-order valence-corrected chi connectivity index (χ0v) is 37.9. The summed E-state index contributed by atoms with van der Waals surface area (Å²) >= 11 is 0. The molecule has 1 unspecified atom stereocenters. The van der Waals surface area contributed by atoms with Crippen molar-refractivity contribution in [3.63, 3.8) is 0 Å². The minimum Gasteiger partial charge on any atom is -0.504 e. The smallest absolute Gasteiger partial charge is 0.461 e. The first-order valence-corrected chi connectivity index (χ1v) is 26.2.